The number of rotatable bonds is 4. The number of hydrogen-bond acceptors (Lipinski definition) is 8. The number of aromatic nitrogens is 3. The van der Waals surface area contributed by atoms with Gasteiger partial charge in [0.05, 0.1) is 24.5 Å². The van der Waals surface area contributed by atoms with Crippen LogP contribution >= 0.6 is 0 Å². The molecule has 0 aliphatic carbocycles. The summed E-state index contributed by atoms with van der Waals surface area (Å²) < 4.78 is 5.56. The van der Waals surface area contributed by atoms with Gasteiger partial charge in [0.15, 0.2) is 0 Å². The fraction of sp³-hybridized carbons (Fsp3) is 0.407. The van der Waals surface area contributed by atoms with Crippen LogP contribution in [0.1, 0.15) is 23.6 Å². The van der Waals surface area contributed by atoms with Crippen molar-refractivity contribution < 1.29 is 4.74 Å². The van der Waals surface area contributed by atoms with Crippen LogP contribution in [0.5, 0.6) is 0 Å². The van der Waals surface area contributed by atoms with E-state index in [4.69, 9.17) is 14.7 Å². The van der Waals surface area contributed by atoms with Gasteiger partial charge in [-0.1, -0.05) is 12.1 Å². The second-order valence-corrected chi connectivity index (χ2v) is 9.28. The van der Waals surface area contributed by atoms with Crippen molar-refractivity contribution in [3.8, 4) is 17.3 Å². The lowest BCUT2D eigenvalue weighted by molar-refractivity contribution is 0.122. The van der Waals surface area contributed by atoms with E-state index in [1.165, 1.54) is 11.1 Å². The molecule has 0 unspecified atom stereocenters. The number of nitrogens with zero attached hydrogens (tertiary/aromatic N) is 7. The number of anilines is 3. The van der Waals surface area contributed by atoms with Gasteiger partial charge in [-0.3, -0.25) is 0 Å². The molecule has 1 atom stereocenters. The first-order chi connectivity index (χ1) is 17.0. The molecule has 0 saturated carbocycles. The van der Waals surface area contributed by atoms with Gasteiger partial charge in [-0.05, 0) is 50.1 Å². The number of piperazine rings is 1. The van der Waals surface area contributed by atoms with E-state index in [-0.39, 0.29) is 6.04 Å². The molecular weight excluding hydrogens is 438 g/mol. The van der Waals surface area contributed by atoms with Crippen molar-refractivity contribution in [3.63, 3.8) is 0 Å². The lowest BCUT2D eigenvalue weighted by Gasteiger charge is -2.41. The van der Waals surface area contributed by atoms with E-state index in [9.17, 15) is 5.26 Å². The van der Waals surface area contributed by atoms with Crippen LogP contribution in [0.15, 0.2) is 42.6 Å². The zero-order chi connectivity index (χ0) is 24.4. The third-order valence-corrected chi connectivity index (χ3v) is 6.93. The van der Waals surface area contributed by atoms with E-state index in [1.807, 2.05) is 12.1 Å². The molecule has 8 heteroatoms. The molecule has 0 radical (unpaired) electrons. The van der Waals surface area contributed by atoms with Crippen LogP contribution in [0.2, 0.25) is 0 Å². The molecule has 35 heavy (non-hydrogen) atoms. The molecule has 8 nitrogen and oxygen atoms in total. The highest BCUT2D eigenvalue weighted by Crippen LogP contribution is 2.30. The summed E-state index contributed by atoms with van der Waals surface area (Å²) in [5, 5.41) is 9.52. The minimum atomic E-state index is 0.192. The zero-order valence-corrected chi connectivity index (χ0v) is 20.6. The number of aryl methyl sites for hydroxylation is 2. The maximum absolute atomic E-state index is 9.52. The standard InChI is InChI=1S/C27H31N7O/c1-19-6-7-22(15-20(19)2)24-16-25(31-27(30-24)32-11-13-35-14-12-32)34-10-9-33(18-21(34)3)26-23(17-28)5-4-8-29-26/h4-8,15-16,21H,9-14,18H2,1-3H3/t21-/m1/s1. The molecular formula is C27H31N7O. The minimum Gasteiger partial charge on any atom is -0.378 e. The lowest BCUT2D eigenvalue weighted by Crippen LogP contribution is -2.53. The molecule has 4 heterocycles. The molecule has 2 aliphatic rings. The van der Waals surface area contributed by atoms with Crippen molar-refractivity contribution >= 4 is 17.6 Å². The molecule has 2 aliphatic heterocycles. The Morgan fingerprint density at radius 2 is 1.80 bits per heavy atom. The Morgan fingerprint density at radius 1 is 0.971 bits per heavy atom. The van der Waals surface area contributed by atoms with Crippen molar-refractivity contribution in [2.75, 3.05) is 60.6 Å². The Morgan fingerprint density at radius 3 is 2.54 bits per heavy atom. The van der Waals surface area contributed by atoms with E-state index < -0.39 is 0 Å². The Kier molecular flexibility index (Phi) is 6.51. The fourth-order valence-electron chi connectivity index (χ4n) is 4.75. The van der Waals surface area contributed by atoms with Gasteiger partial charge in [0.1, 0.15) is 17.7 Å². The second-order valence-electron chi connectivity index (χ2n) is 9.28. The SMILES string of the molecule is Cc1ccc(-c2cc(N3CCN(c4ncccc4C#N)C[C@H]3C)nc(N3CCOCC3)n2)cc1C. The van der Waals surface area contributed by atoms with Gasteiger partial charge >= 0.3 is 0 Å². The first-order valence-electron chi connectivity index (χ1n) is 12.2. The molecule has 3 aromatic rings. The van der Waals surface area contributed by atoms with Gasteiger partial charge in [0.25, 0.3) is 0 Å². The van der Waals surface area contributed by atoms with Crippen LogP contribution in [-0.4, -0.2) is 66.9 Å². The third kappa shape index (κ3) is 4.77. The Balaban J connectivity index is 1.47. The van der Waals surface area contributed by atoms with Crippen LogP contribution in [-0.2, 0) is 4.74 Å². The number of nitriles is 1. The number of ether oxygens (including phenoxy) is 1. The number of hydrogen-bond donors (Lipinski definition) is 0. The summed E-state index contributed by atoms with van der Waals surface area (Å²) in [5.74, 6) is 2.45. The maximum atomic E-state index is 9.52. The highest BCUT2D eigenvalue weighted by atomic mass is 16.5. The zero-order valence-electron chi connectivity index (χ0n) is 20.6. The summed E-state index contributed by atoms with van der Waals surface area (Å²) in [6.45, 7) is 11.7. The molecule has 0 N–H and O–H groups in total. The van der Waals surface area contributed by atoms with E-state index >= 15 is 0 Å². The molecule has 0 spiro atoms. The molecule has 2 fully saturated rings. The highest BCUT2D eigenvalue weighted by molar-refractivity contribution is 5.67. The summed E-state index contributed by atoms with van der Waals surface area (Å²) in [6.07, 6.45) is 1.75. The summed E-state index contributed by atoms with van der Waals surface area (Å²) in [5.41, 5.74) is 5.17. The molecule has 180 valence electrons. The maximum Gasteiger partial charge on any atom is 0.228 e. The number of benzene rings is 1. The summed E-state index contributed by atoms with van der Waals surface area (Å²) >= 11 is 0. The van der Waals surface area contributed by atoms with Crippen molar-refractivity contribution in [1.82, 2.24) is 15.0 Å². The monoisotopic (exact) mass is 469 g/mol. The van der Waals surface area contributed by atoms with Crippen LogP contribution in [0, 0.1) is 25.2 Å². The van der Waals surface area contributed by atoms with Crippen LogP contribution < -0.4 is 14.7 Å². The van der Waals surface area contributed by atoms with Gasteiger partial charge in [-0.15, -0.1) is 0 Å². The molecule has 0 bridgehead atoms. The smallest absolute Gasteiger partial charge is 0.228 e. The summed E-state index contributed by atoms with van der Waals surface area (Å²) in [7, 11) is 0. The van der Waals surface area contributed by atoms with Crippen LogP contribution in [0.3, 0.4) is 0 Å². The van der Waals surface area contributed by atoms with E-state index in [2.05, 4.69) is 70.8 Å². The van der Waals surface area contributed by atoms with Gasteiger partial charge < -0.3 is 19.4 Å². The molecule has 1 aromatic carbocycles. The summed E-state index contributed by atoms with van der Waals surface area (Å²) in [6, 6.07) is 14.7. The molecule has 0 amide bonds. The van der Waals surface area contributed by atoms with Gasteiger partial charge in [-0.25, -0.2) is 9.97 Å². The average Bonchev–Trinajstić information content (AvgIpc) is 2.90. The minimum absolute atomic E-state index is 0.192. The van der Waals surface area contributed by atoms with Crippen molar-refractivity contribution in [3.05, 3.63) is 59.3 Å². The Labute approximate surface area is 206 Å². The number of morpholine rings is 1. The second kappa shape index (κ2) is 9.88. The number of pyridine rings is 1. The van der Waals surface area contributed by atoms with Gasteiger partial charge in [0.2, 0.25) is 5.95 Å². The first kappa shape index (κ1) is 23.1. The predicted molar refractivity (Wildman–Crippen MR) is 138 cm³/mol. The lowest BCUT2D eigenvalue weighted by atomic mass is 10.0. The summed E-state index contributed by atoms with van der Waals surface area (Å²) in [4.78, 5) is 21.3. The van der Waals surface area contributed by atoms with Crippen LogP contribution in [0.25, 0.3) is 11.3 Å². The largest absolute Gasteiger partial charge is 0.378 e. The van der Waals surface area contributed by atoms with Crippen molar-refractivity contribution in [2.24, 2.45) is 0 Å². The Bertz CT molecular complexity index is 1250. The predicted octanol–water partition coefficient (Wildman–Crippen LogP) is 3.58. The van der Waals surface area contributed by atoms with Gasteiger partial charge in [0, 0.05) is 56.6 Å². The van der Waals surface area contributed by atoms with E-state index in [0.717, 1.165) is 61.6 Å². The van der Waals surface area contributed by atoms with Crippen LogP contribution in [0.4, 0.5) is 17.6 Å². The normalized spacial score (nSPS) is 18.5. The topological polar surface area (TPSA) is 81.4 Å². The molecule has 5 rings (SSSR count). The van der Waals surface area contributed by atoms with Crippen molar-refractivity contribution in [2.45, 2.75) is 26.8 Å². The molecule has 2 saturated heterocycles. The van der Waals surface area contributed by atoms with Gasteiger partial charge in [-0.2, -0.15) is 10.2 Å². The quantitative estimate of drug-likeness (QED) is 0.574. The van der Waals surface area contributed by atoms with E-state index in [0.29, 0.717) is 18.8 Å². The van der Waals surface area contributed by atoms with Crippen molar-refractivity contribution in [1.29, 1.82) is 5.26 Å². The molecule has 2 aromatic heterocycles. The van der Waals surface area contributed by atoms with E-state index in [1.54, 1.807) is 6.20 Å². The Hall–Kier alpha value is -3.70. The fourth-order valence-corrected chi connectivity index (χ4v) is 4.75. The average molecular weight is 470 g/mol. The highest BCUT2D eigenvalue weighted by Gasteiger charge is 2.28. The first-order valence-corrected chi connectivity index (χ1v) is 12.2. The third-order valence-electron chi connectivity index (χ3n) is 6.93.